The van der Waals surface area contributed by atoms with E-state index in [1.54, 1.807) is 41.4 Å². The number of hydrogen-bond acceptors (Lipinski definition) is 7. The first-order valence-electron chi connectivity index (χ1n) is 9.99. The van der Waals surface area contributed by atoms with Crippen LogP contribution in [0.3, 0.4) is 0 Å². The minimum Gasteiger partial charge on any atom is -0.378 e. The van der Waals surface area contributed by atoms with E-state index in [9.17, 15) is 9.59 Å². The van der Waals surface area contributed by atoms with Crippen LogP contribution >= 0.6 is 34.5 Å². The zero-order valence-electron chi connectivity index (χ0n) is 17.3. The SMILES string of the molecule is N#C/N=C1/COCCN1c1ccc(NC(=O)C2(NC(=O)c3ccc(Cl)s3)CCOC2)cc1Cl. The number of carbonyl (C=O) groups is 2. The van der Waals surface area contributed by atoms with Crippen LogP contribution in [-0.4, -0.2) is 56.2 Å². The van der Waals surface area contributed by atoms with Gasteiger partial charge in [-0.15, -0.1) is 11.3 Å². The van der Waals surface area contributed by atoms with Gasteiger partial charge < -0.3 is 25.0 Å². The Bertz CT molecular complexity index is 1140. The Labute approximate surface area is 203 Å². The van der Waals surface area contributed by atoms with Crippen LogP contribution in [0.2, 0.25) is 9.36 Å². The van der Waals surface area contributed by atoms with E-state index in [1.165, 1.54) is 0 Å². The molecule has 0 aliphatic carbocycles. The Morgan fingerprint density at radius 3 is 2.73 bits per heavy atom. The zero-order chi connectivity index (χ0) is 23.4. The number of amidine groups is 1. The highest BCUT2D eigenvalue weighted by atomic mass is 35.5. The van der Waals surface area contributed by atoms with Crippen LogP contribution in [0.5, 0.6) is 0 Å². The smallest absolute Gasteiger partial charge is 0.262 e. The lowest BCUT2D eigenvalue weighted by Gasteiger charge is -2.30. The van der Waals surface area contributed by atoms with Gasteiger partial charge in [0.15, 0.2) is 0 Å². The number of thiophene rings is 1. The maximum Gasteiger partial charge on any atom is 0.262 e. The van der Waals surface area contributed by atoms with Gasteiger partial charge >= 0.3 is 0 Å². The molecule has 12 heteroatoms. The van der Waals surface area contributed by atoms with Crippen molar-refractivity contribution in [2.75, 3.05) is 43.2 Å². The highest BCUT2D eigenvalue weighted by Crippen LogP contribution is 2.31. The molecule has 1 atom stereocenters. The summed E-state index contributed by atoms with van der Waals surface area (Å²) in [7, 11) is 0. The fraction of sp³-hybridized carbons (Fsp3) is 0.333. The number of hydrogen-bond donors (Lipinski definition) is 2. The molecule has 0 bridgehead atoms. The first-order valence-corrected chi connectivity index (χ1v) is 11.6. The number of halogens is 2. The first kappa shape index (κ1) is 23.5. The molecule has 2 N–H and O–H groups in total. The summed E-state index contributed by atoms with van der Waals surface area (Å²) in [6.45, 7) is 1.57. The number of rotatable bonds is 5. The highest BCUT2D eigenvalue weighted by Gasteiger charge is 2.44. The summed E-state index contributed by atoms with van der Waals surface area (Å²) in [5.41, 5.74) is -0.107. The summed E-state index contributed by atoms with van der Waals surface area (Å²) in [6.07, 6.45) is 2.10. The molecule has 172 valence electrons. The maximum atomic E-state index is 13.2. The number of benzene rings is 1. The molecule has 1 aromatic heterocycles. The molecule has 2 aliphatic rings. The monoisotopic (exact) mass is 507 g/mol. The number of aliphatic imine (C=N–C) groups is 1. The molecule has 9 nitrogen and oxygen atoms in total. The van der Waals surface area contributed by atoms with Gasteiger partial charge in [0.2, 0.25) is 6.19 Å². The number of nitrogens with one attached hydrogen (secondary N) is 2. The fourth-order valence-corrected chi connectivity index (χ4v) is 4.83. The van der Waals surface area contributed by atoms with Gasteiger partial charge in [0.1, 0.15) is 18.0 Å². The molecule has 0 spiro atoms. The van der Waals surface area contributed by atoms with Gasteiger partial charge in [0.05, 0.1) is 33.1 Å². The number of nitrogens with zero attached hydrogens (tertiary/aromatic N) is 3. The highest BCUT2D eigenvalue weighted by molar-refractivity contribution is 7.18. The lowest BCUT2D eigenvalue weighted by molar-refractivity contribution is -0.122. The third-order valence-corrected chi connectivity index (χ3v) is 6.82. The van der Waals surface area contributed by atoms with Crippen molar-refractivity contribution in [1.82, 2.24) is 5.32 Å². The van der Waals surface area contributed by atoms with Crippen molar-refractivity contribution < 1.29 is 19.1 Å². The van der Waals surface area contributed by atoms with E-state index in [1.807, 2.05) is 0 Å². The standard InChI is InChI=1S/C21H19Cl2N5O4S/c22-14-9-13(1-2-15(14)28-6-8-31-10-18(28)25-12-24)26-20(30)21(5-7-32-11-21)27-19(29)16-3-4-17(23)33-16/h1-4,9H,5-8,10-11H2,(H,26,30)(H,27,29)/b25-18-. The van der Waals surface area contributed by atoms with Gasteiger partial charge in [-0.2, -0.15) is 10.3 Å². The Hall–Kier alpha value is -2.68. The van der Waals surface area contributed by atoms with E-state index in [4.69, 9.17) is 37.9 Å². The van der Waals surface area contributed by atoms with Crippen molar-refractivity contribution in [3.8, 4) is 6.19 Å². The predicted molar refractivity (Wildman–Crippen MR) is 126 cm³/mol. The lowest BCUT2D eigenvalue weighted by atomic mass is 9.97. The number of ether oxygens (including phenoxy) is 2. The fourth-order valence-electron chi connectivity index (χ4n) is 3.61. The van der Waals surface area contributed by atoms with Crippen molar-refractivity contribution in [1.29, 1.82) is 5.26 Å². The van der Waals surface area contributed by atoms with Gasteiger partial charge in [-0.3, -0.25) is 9.59 Å². The van der Waals surface area contributed by atoms with Crippen LogP contribution in [0.1, 0.15) is 16.1 Å². The Balaban J connectivity index is 1.51. The van der Waals surface area contributed by atoms with Crippen molar-refractivity contribution in [3.63, 3.8) is 0 Å². The van der Waals surface area contributed by atoms with Gasteiger partial charge in [-0.1, -0.05) is 23.2 Å². The molecule has 0 radical (unpaired) electrons. The Morgan fingerprint density at radius 2 is 2.06 bits per heavy atom. The molecular formula is C21H19Cl2N5O4S. The largest absolute Gasteiger partial charge is 0.378 e. The van der Waals surface area contributed by atoms with Crippen molar-refractivity contribution >= 4 is 63.6 Å². The van der Waals surface area contributed by atoms with Crippen LogP contribution in [-0.2, 0) is 14.3 Å². The molecule has 1 unspecified atom stereocenters. The molecule has 1 aromatic carbocycles. The average molecular weight is 508 g/mol. The minimum absolute atomic E-state index is 0.0528. The van der Waals surface area contributed by atoms with Crippen LogP contribution < -0.4 is 15.5 Å². The number of carbonyl (C=O) groups excluding carboxylic acids is 2. The van der Waals surface area contributed by atoms with E-state index in [0.717, 1.165) is 11.3 Å². The molecule has 3 heterocycles. The van der Waals surface area contributed by atoms with Crippen molar-refractivity contribution in [3.05, 3.63) is 44.6 Å². The molecule has 33 heavy (non-hydrogen) atoms. The minimum atomic E-state index is -1.21. The molecule has 2 amide bonds. The van der Waals surface area contributed by atoms with E-state index in [2.05, 4.69) is 15.6 Å². The third kappa shape index (κ3) is 5.13. The molecule has 2 fully saturated rings. The van der Waals surface area contributed by atoms with Gasteiger partial charge in [-0.05, 0) is 30.3 Å². The summed E-state index contributed by atoms with van der Waals surface area (Å²) < 4.78 is 11.3. The van der Waals surface area contributed by atoms with Crippen LogP contribution in [0, 0.1) is 11.5 Å². The van der Waals surface area contributed by atoms with E-state index >= 15 is 0 Å². The summed E-state index contributed by atoms with van der Waals surface area (Å²) >= 11 is 13.6. The van der Waals surface area contributed by atoms with Gasteiger partial charge in [-0.25, -0.2) is 0 Å². The summed E-state index contributed by atoms with van der Waals surface area (Å²) in [5, 5.41) is 14.9. The second-order valence-corrected chi connectivity index (χ2v) is 9.52. The normalized spacial score (nSPS) is 21.6. The molecule has 2 aromatic rings. The van der Waals surface area contributed by atoms with Crippen molar-refractivity contribution in [2.45, 2.75) is 12.0 Å². The number of amides is 2. The number of anilines is 2. The maximum absolute atomic E-state index is 13.2. The van der Waals surface area contributed by atoms with Crippen LogP contribution in [0.25, 0.3) is 0 Å². The molecule has 2 aliphatic heterocycles. The average Bonchev–Trinajstić information content (AvgIpc) is 3.45. The topological polar surface area (TPSA) is 116 Å². The lowest BCUT2D eigenvalue weighted by Crippen LogP contribution is -2.57. The summed E-state index contributed by atoms with van der Waals surface area (Å²) in [4.78, 5) is 31.9. The molecule has 2 saturated heterocycles. The first-order chi connectivity index (χ1) is 15.9. The Morgan fingerprint density at radius 1 is 1.21 bits per heavy atom. The Kier molecular flexibility index (Phi) is 7.17. The number of morpholine rings is 1. The van der Waals surface area contributed by atoms with Crippen LogP contribution in [0.4, 0.5) is 11.4 Å². The van der Waals surface area contributed by atoms with Crippen LogP contribution in [0.15, 0.2) is 35.3 Å². The van der Waals surface area contributed by atoms with E-state index in [-0.39, 0.29) is 13.2 Å². The van der Waals surface area contributed by atoms with Gasteiger partial charge in [0, 0.05) is 25.3 Å². The molecule has 0 saturated carbocycles. The van der Waals surface area contributed by atoms with Crippen molar-refractivity contribution in [2.24, 2.45) is 4.99 Å². The number of nitriles is 1. The summed E-state index contributed by atoms with van der Waals surface area (Å²) in [5.74, 6) is -0.337. The second-order valence-electron chi connectivity index (χ2n) is 7.40. The summed E-state index contributed by atoms with van der Waals surface area (Å²) in [6, 6.07) is 8.28. The third-order valence-electron chi connectivity index (χ3n) is 5.28. The molecular weight excluding hydrogens is 489 g/mol. The van der Waals surface area contributed by atoms with Gasteiger partial charge in [0.25, 0.3) is 11.8 Å². The second kappa shape index (κ2) is 10.1. The molecule has 4 rings (SSSR count). The zero-order valence-corrected chi connectivity index (χ0v) is 19.6. The van der Waals surface area contributed by atoms with E-state index < -0.39 is 17.4 Å². The quantitative estimate of drug-likeness (QED) is 0.599. The predicted octanol–water partition coefficient (Wildman–Crippen LogP) is 3.30. The van der Waals surface area contributed by atoms with E-state index in [0.29, 0.717) is 57.6 Å².